The number of likely N-dealkylation sites (tertiary alicyclic amines) is 1. The van der Waals surface area contributed by atoms with E-state index in [9.17, 15) is 9.90 Å². The van der Waals surface area contributed by atoms with Crippen LogP contribution in [0.25, 0.3) is 21.7 Å². The van der Waals surface area contributed by atoms with Gasteiger partial charge in [-0.05, 0) is 45.4 Å². The molecule has 0 bridgehead atoms. The van der Waals surface area contributed by atoms with Crippen molar-refractivity contribution in [2.24, 2.45) is 0 Å². The molecule has 9 nitrogen and oxygen atoms in total. The topological polar surface area (TPSA) is 116 Å². The van der Waals surface area contributed by atoms with Crippen LogP contribution in [0.3, 0.4) is 0 Å². The average molecular weight is 479 g/mol. The number of aliphatic hydroxyl groups is 1. The maximum Gasteiger partial charge on any atom is 0.276 e. The summed E-state index contributed by atoms with van der Waals surface area (Å²) in [5, 5.41) is 16.6. The third-order valence-electron chi connectivity index (χ3n) is 5.63. The second-order valence-corrected chi connectivity index (χ2v) is 9.58. The monoisotopic (exact) mass is 478 g/mol. The number of hydrogen-bond acceptors (Lipinski definition) is 9. The van der Waals surface area contributed by atoms with Gasteiger partial charge in [-0.15, -0.1) is 11.3 Å². The number of oxazole rings is 1. The number of aliphatic hydroxyl groups excluding tert-OH is 1. The van der Waals surface area contributed by atoms with Gasteiger partial charge in [0.15, 0.2) is 5.69 Å². The molecule has 0 aliphatic carbocycles. The Hall–Kier alpha value is -3.50. The van der Waals surface area contributed by atoms with E-state index in [0.29, 0.717) is 42.5 Å². The Kier molecular flexibility index (Phi) is 5.93. The van der Waals surface area contributed by atoms with Crippen molar-refractivity contribution in [3.63, 3.8) is 0 Å². The van der Waals surface area contributed by atoms with Gasteiger partial charge in [-0.2, -0.15) is 0 Å². The lowest BCUT2D eigenvalue weighted by molar-refractivity contribution is 0.0758. The summed E-state index contributed by atoms with van der Waals surface area (Å²) in [6, 6.07) is 8.05. The van der Waals surface area contributed by atoms with E-state index in [1.54, 1.807) is 29.4 Å². The molecule has 1 aliphatic rings. The SMILES string of the molecule is Cc1oc(-c2cnc(Nc3ccc4ncsc4c3)cc2NC(C)C)nc1C(=O)N1CCC(O)C1. The number of amides is 1. The number of thiazole rings is 1. The second-order valence-electron chi connectivity index (χ2n) is 8.69. The van der Waals surface area contributed by atoms with Gasteiger partial charge in [0.05, 0.1) is 33.1 Å². The van der Waals surface area contributed by atoms with Crippen molar-refractivity contribution in [2.75, 3.05) is 23.7 Å². The van der Waals surface area contributed by atoms with Gasteiger partial charge in [0.2, 0.25) is 5.89 Å². The highest BCUT2D eigenvalue weighted by atomic mass is 32.1. The van der Waals surface area contributed by atoms with Gasteiger partial charge in [0.25, 0.3) is 5.91 Å². The van der Waals surface area contributed by atoms with E-state index in [4.69, 9.17) is 4.42 Å². The molecule has 0 saturated carbocycles. The van der Waals surface area contributed by atoms with Crippen molar-refractivity contribution < 1.29 is 14.3 Å². The van der Waals surface area contributed by atoms with Crippen LogP contribution in [0.1, 0.15) is 36.5 Å². The molecule has 1 saturated heterocycles. The van der Waals surface area contributed by atoms with Crippen LogP contribution in [0.2, 0.25) is 0 Å². The fraction of sp³-hybridized carbons (Fsp3) is 0.333. The minimum Gasteiger partial charge on any atom is -0.440 e. The Morgan fingerprint density at radius 1 is 1.29 bits per heavy atom. The van der Waals surface area contributed by atoms with Gasteiger partial charge < -0.3 is 25.1 Å². The van der Waals surface area contributed by atoms with Gasteiger partial charge in [0, 0.05) is 37.1 Å². The first-order valence-corrected chi connectivity index (χ1v) is 12.1. The fourth-order valence-corrected chi connectivity index (χ4v) is 4.71. The van der Waals surface area contributed by atoms with E-state index >= 15 is 0 Å². The molecule has 3 N–H and O–H groups in total. The zero-order valence-corrected chi connectivity index (χ0v) is 20.0. The molecule has 1 fully saturated rings. The molecule has 1 aliphatic heterocycles. The van der Waals surface area contributed by atoms with Crippen molar-refractivity contribution in [1.82, 2.24) is 19.9 Å². The van der Waals surface area contributed by atoms with Crippen LogP contribution in [0.5, 0.6) is 0 Å². The van der Waals surface area contributed by atoms with Crippen LogP contribution in [-0.2, 0) is 0 Å². The highest BCUT2D eigenvalue weighted by Crippen LogP contribution is 2.32. The van der Waals surface area contributed by atoms with E-state index in [1.165, 1.54) is 0 Å². The molecule has 4 aromatic rings. The second kappa shape index (κ2) is 9.03. The van der Waals surface area contributed by atoms with Crippen molar-refractivity contribution >= 4 is 44.7 Å². The van der Waals surface area contributed by atoms with E-state index in [2.05, 4.69) is 25.6 Å². The lowest BCUT2D eigenvalue weighted by Gasteiger charge is -2.15. The number of pyridine rings is 1. The van der Waals surface area contributed by atoms with Crippen molar-refractivity contribution in [1.29, 1.82) is 0 Å². The van der Waals surface area contributed by atoms with Gasteiger partial charge in [-0.25, -0.2) is 15.0 Å². The molecule has 1 amide bonds. The number of rotatable bonds is 6. The predicted molar refractivity (Wildman–Crippen MR) is 133 cm³/mol. The Labute approximate surface area is 200 Å². The third kappa shape index (κ3) is 4.46. The lowest BCUT2D eigenvalue weighted by Crippen LogP contribution is -2.30. The number of nitrogens with zero attached hydrogens (tertiary/aromatic N) is 4. The molecule has 0 spiro atoms. The molecule has 176 valence electrons. The molecule has 5 rings (SSSR count). The predicted octanol–water partition coefficient (Wildman–Crippen LogP) is 4.43. The number of anilines is 3. The average Bonchev–Trinajstić information content (AvgIpc) is 3.52. The van der Waals surface area contributed by atoms with Crippen molar-refractivity contribution in [3.8, 4) is 11.5 Å². The Morgan fingerprint density at radius 2 is 2.15 bits per heavy atom. The largest absolute Gasteiger partial charge is 0.440 e. The summed E-state index contributed by atoms with van der Waals surface area (Å²) in [6.07, 6.45) is 1.78. The molecule has 0 radical (unpaired) electrons. The summed E-state index contributed by atoms with van der Waals surface area (Å²) < 4.78 is 7.00. The molecule has 10 heteroatoms. The molecular formula is C24H26N6O3S. The zero-order valence-electron chi connectivity index (χ0n) is 19.2. The van der Waals surface area contributed by atoms with Crippen molar-refractivity contribution in [2.45, 2.75) is 39.3 Å². The third-order valence-corrected chi connectivity index (χ3v) is 6.42. The first-order valence-electron chi connectivity index (χ1n) is 11.2. The minimum atomic E-state index is -0.487. The number of nitrogens with one attached hydrogen (secondary N) is 2. The Bertz CT molecular complexity index is 1350. The Morgan fingerprint density at radius 3 is 2.91 bits per heavy atom. The highest BCUT2D eigenvalue weighted by Gasteiger charge is 2.29. The maximum atomic E-state index is 12.9. The zero-order chi connectivity index (χ0) is 23.8. The normalized spacial score (nSPS) is 15.9. The maximum absolute atomic E-state index is 12.9. The van der Waals surface area contributed by atoms with Crippen LogP contribution < -0.4 is 10.6 Å². The van der Waals surface area contributed by atoms with E-state index in [0.717, 1.165) is 21.6 Å². The number of benzene rings is 1. The van der Waals surface area contributed by atoms with Gasteiger partial charge in [0.1, 0.15) is 11.6 Å². The summed E-state index contributed by atoms with van der Waals surface area (Å²) in [7, 11) is 0. The first-order chi connectivity index (χ1) is 16.4. The number of carbonyl (C=O) groups excluding carboxylic acids is 1. The number of aromatic nitrogens is 3. The molecule has 3 aromatic heterocycles. The smallest absolute Gasteiger partial charge is 0.276 e. The van der Waals surface area contributed by atoms with E-state index in [-0.39, 0.29) is 17.6 Å². The van der Waals surface area contributed by atoms with E-state index < -0.39 is 6.10 Å². The van der Waals surface area contributed by atoms with Gasteiger partial charge >= 0.3 is 0 Å². The molecule has 1 aromatic carbocycles. The van der Waals surface area contributed by atoms with Gasteiger partial charge in [-0.1, -0.05) is 0 Å². The molecule has 1 unspecified atom stereocenters. The molecule has 34 heavy (non-hydrogen) atoms. The number of fused-ring (bicyclic) bond motifs is 1. The van der Waals surface area contributed by atoms with Crippen LogP contribution in [0, 0.1) is 6.92 Å². The number of hydrogen-bond donors (Lipinski definition) is 3. The van der Waals surface area contributed by atoms with Gasteiger partial charge in [-0.3, -0.25) is 4.79 Å². The van der Waals surface area contributed by atoms with Crippen molar-refractivity contribution in [3.05, 3.63) is 47.4 Å². The minimum absolute atomic E-state index is 0.158. The summed E-state index contributed by atoms with van der Waals surface area (Å²) in [5.74, 6) is 1.21. The summed E-state index contributed by atoms with van der Waals surface area (Å²) in [5.41, 5.74) is 5.44. The molecule has 4 heterocycles. The first kappa shape index (κ1) is 22.3. The number of carbonyl (C=O) groups is 1. The fourth-order valence-electron chi connectivity index (χ4n) is 3.99. The van der Waals surface area contributed by atoms with Crippen LogP contribution in [-0.4, -0.2) is 56.1 Å². The Balaban J connectivity index is 1.44. The van der Waals surface area contributed by atoms with Crippen LogP contribution >= 0.6 is 11.3 Å². The quantitative estimate of drug-likeness (QED) is 0.373. The number of aryl methyl sites for hydroxylation is 1. The lowest BCUT2D eigenvalue weighted by atomic mass is 10.2. The standard InChI is InChI=1S/C24H26N6O3S/c1-13(2)27-19-9-21(28-15-4-5-18-20(8-15)34-12-26-18)25-10-17(19)23-29-22(14(3)33-23)24(32)30-7-6-16(31)11-30/h4-5,8-10,12-13,16,31H,6-7,11H2,1-3H3,(H2,25,27,28). The summed E-state index contributed by atoms with van der Waals surface area (Å²) >= 11 is 1.59. The molecule has 1 atom stereocenters. The number of β-amino-alcohol motifs (C(OH)–C–C–N with tert-alkyl or cyclic N) is 1. The summed E-state index contributed by atoms with van der Waals surface area (Å²) in [6.45, 7) is 6.64. The van der Waals surface area contributed by atoms with Crippen LogP contribution in [0.4, 0.5) is 17.2 Å². The summed E-state index contributed by atoms with van der Waals surface area (Å²) in [4.78, 5) is 27.9. The van der Waals surface area contributed by atoms with Crippen LogP contribution in [0.15, 0.2) is 40.4 Å². The van der Waals surface area contributed by atoms with E-state index in [1.807, 2.05) is 43.6 Å². The highest BCUT2D eigenvalue weighted by molar-refractivity contribution is 7.16. The molecular weight excluding hydrogens is 452 g/mol.